The number of nitro groups is 1. The Morgan fingerprint density at radius 2 is 1.88 bits per heavy atom. The number of hydrogen-bond donors (Lipinski definition) is 2. The Morgan fingerprint density at radius 3 is 2.44 bits per heavy atom. The molecule has 2 N–H and O–H groups in total. The molecule has 12 heteroatoms. The van der Waals surface area contributed by atoms with Crippen LogP contribution in [0.3, 0.4) is 0 Å². The lowest BCUT2D eigenvalue weighted by Gasteiger charge is -2.12. The van der Waals surface area contributed by atoms with E-state index in [9.17, 15) is 27.7 Å². The van der Waals surface area contributed by atoms with Gasteiger partial charge in [0.2, 0.25) is 0 Å². The van der Waals surface area contributed by atoms with E-state index in [-0.39, 0.29) is 10.7 Å². The summed E-state index contributed by atoms with van der Waals surface area (Å²) in [5.74, 6) is -2.67. The number of carboxylic acids is 1. The quantitative estimate of drug-likeness (QED) is 0.575. The van der Waals surface area contributed by atoms with Crippen LogP contribution in [0.5, 0.6) is 0 Å². The van der Waals surface area contributed by atoms with Crippen LogP contribution in [0.4, 0.5) is 15.8 Å². The highest BCUT2D eigenvalue weighted by molar-refractivity contribution is 7.93. The molecule has 0 spiro atoms. The standard InChI is InChI=1S/C13H7Cl2FN2O6S/c14-8-2-4-10(18(21)22)11(15)12(8)25(23,24)17-6-1-3-9(16)7(5-6)13(19)20/h1-5,17H,(H,19,20). The Bertz CT molecular complexity index is 996. The lowest BCUT2D eigenvalue weighted by molar-refractivity contribution is -0.384. The maximum absolute atomic E-state index is 13.4. The van der Waals surface area contributed by atoms with Crippen LogP contribution in [0, 0.1) is 15.9 Å². The van der Waals surface area contributed by atoms with Crippen molar-refractivity contribution in [2.75, 3.05) is 4.72 Å². The van der Waals surface area contributed by atoms with E-state index in [0.29, 0.717) is 0 Å². The molecule has 2 rings (SSSR count). The molecule has 0 heterocycles. The SMILES string of the molecule is O=C(O)c1cc(NS(=O)(=O)c2c(Cl)ccc([N+](=O)[O-])c2Cl)ccc1F. The molecule has 0 unspecified atom stereocenters. The fraction of sp³-hybridized carbons (Fsp3) is 0. The van der Waals surface area contributed by atoms with E-state index in [2.05, 4.69) is 0 Å². The van der Waals surface area contributed by atoms with Crippen LogP contribution in [0.1, 0.15) is 10.4 Å². The number of carbonyl (C=O) groups is 1. The molecule has 0 aliphatic carbocycles. The molecule has 132 valence electrons. The van der Waals surface area contributed by atoms with E-state index in [1.165, 1.54) is 0 Å². The minimum atomic E-state index is -4.52. The Hall–Kier alpha value is -2.43. The topological polar surface area (TPSA) is 127 Å². The minimum absolute atomic E-state index is 0.294. The van der Waals surface area contributed by atoms with E-state index in [0.717, 1.165) is 30.3 Å². The smallest absolute Gasteiger partial charge is 0.338 e. The van der Waals surface area contributed by atoms with Crippen LogP contribution in [-0.2, 0) is 10.0 Å². The predicted molar refractivity (Wildman–Crippen MR) is 87.3 cm³/mol. The number of carboxylic acid groups (broad SMARTS) is 1. The number of halogens is 3. The molecule has 0 aliphatic rings. The van der Waals surface area contributed by atoms with E-state index >= 15 is 0 Å². The highest BCUT2D eigenvalue weighted by Gasteiger charge is 2.28. The lowest BCUT2D eigenvalue weighted by atomic mass is 10.2. The van der Waals surface area contributed by atoms with Gasteiger partial charge in [0.15, 0.2) is 0 Å². The molecule has 2 aromatic rings. The molecule has 8 nitrogen and oxygen atoms in total. The van der Waals surface area contributed by atoms with Crippen LogP contribution in [0.25, 0.3) is 0 Å². The minimum Gasteiger partial charge on any atom is -0.478 e. The molecule has 25 heavy (non-hydrogen) atoms. The highest BCUT2D eigenvalue weighted by Crippen LogP contribution is 2.37. The van der Waals surface area contributed by atoms with Crippen molar-refractivity contribution in [3.05, 3.63) is 61.9 Å². The first-order chi connectivity index (χ1) is 11.5. The lowest BCUT2D eigenvalue weighted by Crippen LogP contribution is -2.15. The van der Waals surface area contributed by atoms with Crippen molar-refractivity contribution in [3.63, 3.8) is 0 Å². The number of nitro benzene ring substituents is 1. The largest absolute Gasteiger partial charge is 0.478 e. The maximum atomic E-state index is 13.4. The van der Waals surface area contributed by atoms with Gasteiger partial charge in [0, 0.05) is 11.8 Å². The summed E-state index contributed by atoms with van der Waals surface area (Å²) in [7, 11) is -4.52. The fourth-order valence-corrected chi connectivity index (χ4v) is 4.12. The molecule has 0 radical (unpaired) electrons. The van der Waals surface area contributed by atoms with Crippen molar-refractivity contribution in [1.82, 2.24) is 0 Å². The first-order valence-electron chi connectivity index (χ1n) is 6.22. The van der Waals surface area contributed by atoms with Crippen LogP contribution in [0.2, 0.25) is 10.0 Å². The average Bonchev–Trinajstić information content (AvgIpc) is 2.48. The second-order valence-electron chi connectivity index (χ2n) is 4.57. The molecular formula is C13H7Cl2FN2O6S. The highest BCUT2D eigenvalue weighted by atomic mass is 35.5. The Morgan fingerprint density at radius 1 is 1.24 bits per heavy atom. The van der Waals surface area contributed by atoms with Gasteiger partial charge in [-0.1, -0.05) is 23.2 Å². The number of anilines is 1. The van der Waals surface area contributed by atoms with E-state index in [1.807, 2.05) is 4.72 Å². The second kappa shape index (κ2) is 6.82. The number of hydrogen-bond acceptors (Lipinski definition) is 5. The summed E-state index contributed by atoms with van der Waals surface area (Å²) < 4.78 is 40.2. The predicted octanol–water partition coefficient (Wildman–Crippen LogP) is 3.54. The molecule has 0 aliphatic heterocycles. The van der Waals surface area contributed by atoms with Crippen molar-refractivity contribution in [1.29, 1.82) is 0 Å². The third kappa shape index (κ3) is 3.81. The molecule has 0 amide bonds. The Balaban J connectivity index is 2.54. The van der Waals surface area contributed by atoms with Crippen LogP contribution in [0.15, 0.2) is 35.2 Å². The van der Waals surface area contributed by atoms with Gasteiger partial charge in [0.05, 0.1) is 15.5 Å². The van der Waals surface area contributed by atoms with Gasteiger partial charge in [-0.3, -0.25) is 14.8 Å². The molecular weight excluding hydrogens is 402 g/mol. The van der Waals surface area contributed by atoms with Crippen molar-refractivity contribution in [3.8, 4) is 0 Å². The number of aromatic carboxylic acids is 1. The molecule has 0 atom stereocenters. The number of nitrogens with one attached hydrogen (secondary N) is 1. The van der Waals surface area contributed by atoms with Gasteiger partial charge >= 0.3 is 5.97 Å². The Kier molecular flexibility index (Phi) is 5.16. The average molecular weight is 409 g/mol. The van der Waals surface area contributed by atoms with Crippen molar-refractivity contribution in [2.24, 2.45) is 0 Å². The zero-order valence-corrected chi connectivity index (χ0v) is 14.2. The van der Waals surface area contributed by atoms with Gasteiger partial charge in [-0.15, -0.1) is 0 Å². The molecule has 0 bridgehead atoms. The van der Waals surface area contributed by atoms with Gasteiger partial charge in [0.25, 0.3) is 15.7 Å². The van der Waals surface area contributed by atoms with Crippen LogP contribution in [-0.4, -0.2) is 24.4 Å². The second-order valence-corrected chi connectivity index (χ2v) is 6.98. The van der Waals surface area contributed by atoms with Crippen LogP contribution >= 0.6 is 23.2 Å². The summed E-state index contributed by atoms with van der Waals surface area (Å²) in [6.07, 6.45) is 0. The molecule has 2 aromatic carbocycles. The van der Waals surface area contributed by atoms with Gasteiger partial charge in [-0.25, -0.2) is 17.6 Å². The maximum Gasteiger partial charge on any atom is 0.338 e. The van der Waals surface area contributed by atoms with E-state index in [4.69, 9.17) is 28.3 Å². The first-order valence-corrected chi connectivity index (χ1v) is 8.46. The summed E-state index contributed by atoms with van der Waals surface area (Å²) in [5, 5.41) is 18.6. The third-order valence-corrected chi connectivity index (χ3v) is 5.33. The molecule has 0 saturated carbocycles. The zero-order valence-electron chi connectivity index (χ0n) is 11.9. The number of sulfonamides is 1. The third-order valence-electron chi connectivity index (χ3n) is 2.94. The summed E-state index contributed by atoms with van der Waals surface area (Å²) in [6.45, 7) is 0. The van der Waals surface area contributed by atoms with Gasteiger partial charge in [-0.05, 0) is 24.3 Å². The zero-order chi connectivity index (χ0) is 18.9. The van der Waals surface area contributed by atoms with Crippen LogP contribution < -0.4 is 4.72 Å². The monoisotopic (exact) mass is 408 g/mol. The number of nitrogens with zero attached hydrogens (tertiary/aromatic N) is 1. The molecule has 0 aromatic heterocycles. The summed E-state index contributed by atoms with van der Waals surface area (Å²) >= 11 is 11.6. The van der Waals surface area contributed by atoms with Crippen molar-refractivity contribution in [2.45, 2.75) is 4.90 Å². The number of benzene rings is 2. The van der Waals surface area contributed by atoms with Crippen molar-refractivity contribution >= 4 is 50.6 Å². The normalized spacial score (nSPS) is 11.2. The van der Waals surface area contributed by atoms with Gasteiger partial charge in [0.1, 0.15) is 15.7 Å². The number of rotatable bonds is 5. The van der Waals surface area contributed by atoms with Crippen molar-refractivity contribution < 1.29 is 27.6 Å². The summed E-state index contributed by atoms with van der Waals surface area (Å²) in [6, 6.07) is 4.38. The Labute approximate surface area is 150 Å². The summed E-state index contributed by atoms with van der Waals surface area (Å²) in [5.41, 5.74) is -1.74. The van der Waals surface area contributed by atoms with Gasteiger partial charge < -0.3 is 5.11 Å². The van der Waals surface area contributed by atoms with E-state index in [1.54, 1.807) is 0 Å². The summed E-state index contributed by atoms with van der Waals surface area (Å²) in [4.78, 5) is 20.1. The van der Waals surface area contributed by atoms with E-state index < -0.39 is 47.9 Å². The fourth-order valence-electron chi connectivity index (χ4n) is 1.87. The first kappa shape index (κ1) is 18.9. The molecule has 0 fully saturated rings. The molecule has 0 saturated heterocycles. The van der Waals surface area contributed by atoms with Gasteiger partial charge in [-0.2, -0.15) is 0 Å².